The lowest BCUT2D eigenvalue weighted by molar-refractivity contribution is -0.121. The summed E-state index contributed by atoms with van der Waals surface area (Å²) >= 11 is 0. The number of benzene rings is 3. The molecule has 4 heteroatoms. The fourth-order valence-electron chi connectivity index (χ4n) is 2.96. The lowest BCUT2D eigenvalue weighted by Crippen LogP contribution is -2.38. The van der Waals surface area contributed by atoms with Crippen LogP contribution in [-0.2, 0) is 11.3 Å². The second-order valence-corrected chi connectivity index (χ2v) is 5.56. The molecule has 0 unspecified atom stereocenters. The number of fused-ring (bicyclic) bond motifs is 2. The predicted octanol–water partition coefficient (Wildman–Crippen LogP) is 3.47. The van der Waals surface area contributed by atoms with E-state index in [-0.39, 0.29) is 18.3 Å². The molecule has 114 valence electrons. The van der Waals surface area contributed by atoms with Crippen LogP contribution in [0.25, 0.3) is 10.8 Å². The summed E-state index contributed by atoms with van der Waals surface area (Å²) in [6.45, 7) is 0.461. The summed E-state index contributed by atoms with van der Waals surface area (Å²) in [5.74, 6) is 0.614. The van der Waals surface area contributed by atoms with E-state index in [1.807, 2.05) is 24.3 Å². The lowest BCUT2D eigenvalue weighted by atomic mass is 10.0. The van der Waals surface area contributed by atoms with Gasteiger partial charge in [-0.25, -0.2) is 0 Å². The molecule has 0 aliphatic carbocycles. The molecule has 4 nitrogen and oxygen atoms in total. The van der Waals surface area contributed by atoms with Crippen LogP contribution in [0.4, 0.5) is 5.69 Å². The summed E-state index contributed by atoms with van der Waals surface area (Å²) in [7, 11) is 0. The molecule has 0 saturated heterocycles. The van der Waals surface area contributed by atoms with Gasteiger partial charge in [0.25, 0.3) is 5.91 Å². The van der Waals surface area contributed by atoms with Crippen molar-refractivity contribution in [3.63, 3.8) is 0 Å². The van der Waals surface area contributed by atoms with Crippen molar-refractivity contribution in [2.24, 2.45) is 0 Å². The number of anilines is 1. The standard InChI is InChI=1S/C19H15NO3/c21-15-8-9-18-17(10-15)20(19(22)12-23-18)11-14-6-3-5-13-4-1-2-7-16(13)14/h1-10,21H,11-12H2. The Balaban J connectivity index is 1.79. The largest absolute Gasteiger partial charge is 0.508 e. The number of rotatable bonds is 2. The fourth-order valence-corrected chi connectivity index (χ4v) is 2.96. The summed E-state index contributed by atoms with van der Waals surface area (Å²) in [6, 6.07) is 19.0. The van der Waals surface area contributed by atoms with Crippen LogP contribution in [0.15, 0.2) is 60.7 Å². The third-order valence-corrected chi connectivity index (χ3v) is 4.09. The van der Waals surface area contributed by atoms with E-state index in [0.717, 1.165) is 16.3 Å². The summed E-state index contributed by atoms with van der Waals surface area (Å²) in [5, 5.41) is 12.0. The van der Waals surface area contributed by atoms with E-state index < -0.39 is 0 Å². The molecule has 23 heavy (non-hydrogen) atoms. The average molecular weight is 305 g/mol. The maximum atomic E-state index is 12.3. The molecule has 1 heterocycles. The Bertz CT molecular complexity index is 899. The van der Waals surface area contributed by atoms with Gasteiger partial charge in [0.2, 0.25) is 0 Å². The van der Waals surface area contributed by atoms with Crippen LogP contribution in [0.5, 0.6) is 11.5 Å². The summed E-state index contributed by atoms with van der Waals surface area (Å²) in [5.41, 5.74) is 1.67. The number of carbonyl (C=O) groups is 1. The zero-order valence-corrected chi connectivity index (χ0v) is 12.4. The third kappa shape index (κ3) is 2.38. The summed E-state index contributed by atoms with van der Waals surface area (Å²) in [6.07, 6.45) is 0. The molecule has 3 aromatic rings. The van der Waals surface area contributed by atoms with Crippen molar-refractivity contribution in [3.8, 4) is 11.5 Å². The maximum absolute atomic E-state index is 12.3. The minimum Gasteiger partial charge on any atom is -0.508 e. The van der Waals surface area contributed by atoms with Crippen molar-refractivity contribution in [1.82, 2.24) is 0 Å². The molecule has 0 fully saturated rings. The molecule has 4 rings (SSSR count). The van der Waals surface area contributed by atoms with E-state index in [4.69, 9.17) is 4.74 Å². The maximum Gasteiger partial charge on any atom is 0.265 e. The van der Waals surface area contributed by atoms with Gasteiger partial charge < -0.3 is 14.7 Å². The second kappa shape index (κ2) is 5.32. The Morgan fingerprint density at radius 1 is 1.04 bits per heavy atom. The van der Waals surface area contributed by atoms with Crippen molar-refractivity contribution in [3.05, 3.63) is 66.2 Å². The smallest absolute Gasteiger partial charge is 0.265 e. The molecule has 0 aromatic heterocycles. The Morgan fingerprint density at radius 3 is 2.78 bits per heavy atom. The van der Waals surface area contributed by atoms with Crippen LogP contribution in [0, 0.1) is 0 Å². The number of hydrogen-bond donors (Lipinski definition) is 1. The predicted molar refractivity (Wildman–Crippen MR) is 88.7 cm³/mol. The van der Waals surface area contributed by atoms with Crippen molar-refractivity contribution in [1.29, 1.82) is 0 Å². The van der Waals surface area contributed by atoms with E-state index >= 15 is 0 Å². The highest BCUT2D eigenvalue weighted by atomic mass is 16.5. The Morgan fingerprint density at radius 2 is 1.87 bits per heavy atom. The van der Waals surface area contributed by atoms with Crippen LogP contribution in [-0.4, -0.2) is 17.6 Å². The zero-order chi connectivity index (χ0) is 15.8. The van der Waals surface area contributed by atoms with Gasteiger partial charge in [0.1, 0.15) is 11.5 Å². The SMILES string of the molecule is O=C1COc2ccc(O)cc2N1Cc1cccc2ccccc12. The van der Waals surface area contributed by atoms with Crippen LogP contribution in [0.1, 0.15) is 5.56 Å². The van der Waals surface area contributed by atoms with Crippen LogP contribution < -0.4 is 9.64 Å². The van der Waals surface area contributed by atoms with Gasteiger partial charge in [-0.15, -0.1) is 0 Å². The van der Waals surface area contributed by atoms with Gasteiger partial charge >= 0.3 is 0 Å². The number of carbonyl (C=O) groups excluding carboxylic acids is 1. The molecule has 1 amide bonds. The number of aromatic hydroxyl groups is 1. The number of nitrogens with zero attached hydrogens (tertiary/aromatic N) is 1. The average Bonchev–Trinajstić information content (AvgIpc) is 2.58. The van der Waals surface area contributed by atoms with Gasteiger partial charge in [0, 0.05) is 6.07 Å². The van der Waals surface area contributed by atoms with Crippen LogP contribution in [0.3, 0.4) is 0 Å². The van der Waals surface area contributed by atoms with E-state index in [2.05, 4.69) is 18.2 Å². The van der Waals surface area contributed by atoms with Gasteiger partial charge in [-0.2, -0.15) is 0 Å². The van der Waals surface area contributed by atoms with Crippen molar-refractivity contribution in [2.45, 2.75) is 6.54 Å². The molecular weight excluding hydrogens is 290 g/mol. The van der Waals surface area contributed by atoms with Crippen LogP contribution >= 0.6 is 0 Å². The van der Waals surface area contributed by atoms with Crippen LogP contribution in [0.2, 0.25) is 0 Å². The molecule has 3 aromatic carbocycles. The first-order chi connectivity index (χ1) is 11.2. The normalized spacial score (nSPS) is 13.7. The molecule has 0 spiro atoms. The lowest BCUT2D eigenvalue weighted by Gasteiger charge is -2.29. The zero-order valence-electron chi connectivity index (χ0n) is 12.4. The van der Waals surface area contributed by atoms with Gasteiger partial charge in [0.15, 0.2) is 6.61 Å². The minimum atomic E-state index is -0.115. The first-order valence-electron chi connectivity index (χ1n) is 7.45. The van der Waals surface area contributed by atoms with Crippen molar-refractivity contribution < 1.29 is 14.6 Å². The quantitative estimate of drug-likeness (QED) is 0.788. The number of phenols is 1. The Labute approximate surface area is 133 Å². The number of hydrogen-bond acceptors (Lipinski definition) is 3. The monoisotopic (exact) mass is 305 g/mol. The topological polar surface area (TPSA) is 49.8 Å². The highest BCUT2D eigenvalue weighted by molar-refractivity contribution is 5.98. The van der Waals surface area contributed by atoms with Gasteiger partial charge in [-0.3, -0.25) is 4.79 Å². The van der Waals surface area contributed by atoms with E-state index in [1.165, 1.54) is 0 Å². The molecular formula is C19H15NO3. The fraction of sp³-hybridized carbons (Fsp3) is 0.105. The summed E-state index contributed by atoms with van der Waals surface area (Å²) < 4.78 is 5.44. The third-order valence-electron chi connectivity index (χ3n) is 4.09. The van der Waals surface area contributed by atoms with Crippen molar-refractivity contribution >= 4 is 22.4 Å². The first-order valence-corrected chi connectivity index (χ1v) is 7.45. The van der Waals surface area contributed by atoms with Crippen molar-refractivity contribution in [2.75, 3.05) is 11.5 Å². The number of phenolic OH excluding ortho intramolecular Hbond substituents is 1. The highest BCUT2D eigenvalue weighted by Gasteiger charge is 2.26. The van der Waals surface area contributed by atoms with Gasteiger partial charge in [-0.1, -0.05) is 42.5 Å². The summed E-state index contributed by atoms with van der Waals surface area (Å²) in [4.78, 5) is 14.0. The molecule has 0 saturated carbocycles. The molecule has 0 bridgehead atoms. The van der Waals surface area contributed by atoms with E-state index in [0.29, 0.717) is 18.0 Å². The first kappa shape index (κ1) is 13.6. The van der Waals surface area contributed by atoms with Gasteiger partial charge in [0.05, 0.1) is 12.2 Å². The molecule has 0 atom stereocenters. The molecule has 1 aliphatic rings. The van der Waals surface area contributed by atoms with E-state index in [9.17, 15) is 9.90 Å². The minimum absolute atomic E-state index is 0.0164. The highest BCUT2D eigenvalue weighted by Crippen LogP contribution is 2.36. The molecule has 1 N–H and O–H groups in total. The second-order valence-electron chi connectivity index (χ2n) is 5.56. The number of amides is 1. The Kier molecular flexibility index (Phi) is 3.15. The molecule has 0 radical (unpaired) electrons. The number of ether oxygens (including phenoxy) is 1. The Hall–Kier alpha value is -3.01. The van der Waals surface area contributed by atoms with E-state index in [1.54, 1.807) is 23.1 Å². The molecule has 1 aliphatic heterocycles. The van der Waals surface area contributed by atoms with Gasteiger partial charge in [-0.05, 0) is 28.5 Å².